The molecule has 3 aromatic heterocycles. The predicted octanol–water partition coefficient (Wildman–Crippen LogP) is 4.23. The lowest BCUT2D eigenvalue weighted by Crippen LogP contribution is -2.24. The lowest BCUT2D eigenvalue weighted by atomic mass is 10.2. The van der Waals surface area contributed by atoms with Crippen LogP contribution in [0, 0.1) is 0 Å². The zero-order valence-electron chi connectivity index (χ0n) is 17.3. The second-order valence-corrected chi connectivity index (χ2v) is 9.87. The number of aryl methyl sites for hydroxylation is 2. The molecule has 33 heavy (non-hydrogen) atoms. The van der Waals surface area contributed by atoms with E-state index in [1.165, 1.54) is 16.6 Å². The van der Waals surface area contributed by atoms with Crippen LogP contribution in [0.1, 0.15) is 22.4 Å². The SMILES string of the molecule is O=C(CSc1nc2sc3c(c2c(=O)n1-c1ccc(Cl)cc1)CCC3)NN=Cc1ccncc1. The maximum atomic E-state index is 13.6. The first-order chi connectivity index (χ1) is 16.1. The highest BCUT2D eigenvalue weighted by Gasteiger charge is 2.24. The number of amides is 1. The summed E-state index contributed by atoms with van der Waals surface area (Å²) in [4.78, 5) is 36.6. The Morgan fingerprint density at radius 1 is 1.21 bits per heavy atom. The Balaban J connectivity index is 1.43. The maximum absolute atomic E-state index is 13.6. The molecule has 1 aliphatic carbocycles. The van der Waals surface area contributed by atoms with Crippen LogP contribution in [0.4, 0.5) is 0 Å². The molecule has 0 radical (unpaired) electrons. The summed E-state index contributed by atoms with van der Waals surface area (Å²) in [5, 5.41) is 5.71. The monoisotopic (exact) mass is 495 g/mol. The van der Waals surface area contributed by atoms with Gasteiger partial charge >= 0.3 is 0 Å². The number of carbonyl (C=O) groups is 1. The maximum Gasteiger partial charge on any atom is 0.267 e. The van der Waals surface area contributed by atoms with E-state index in [4.69, 9.17) is 16.6 Å². The molecular formula is C23H18ClN5O2S2. The van der Waals surface area contributed by atoms with E-state index in [9.17, 15) is 9.59 Å². The molecule has 0 aliphatic heterocycles. The number of thiophene rings is 1. The van der Waals surface area contributed by atoms with Crippen LogP contribution in [-0.4, -0.2) is 32.4 Å². The number of nitrogens with one attached hydrogen (secondary N) is 1. The molecule has 0 unspecified atom stereocenters. The number of hydrazone groups is 1. The molecule has 1 amide bonds. The molecule has 4 aromatic rings. The molecule has 7 nitrogen and oxygen atoms in total. The van der Waals surface area contributed by atoms with E-state index in [1.807, 2.05) is 0 Å². The summed E-state index contributed by atoms with van der Waals surface area (Å²) >= 11 is 8.83. The van der Waals surface area contributed by atoms with Gasteiger partial charge in [0, 0.05) is 22.3 Å². The van der Waals surface area contributed by atoms with E-state index < -0.39 is 0 Å². The van der Waals surface area contributed by atoms with Crippen molar-refractivity contribution in [1.82, 2.24) is 20.0 Å². The summed E-state index contributed by atoms with van der Waals surface area (Å²) in [7, 11) is 0. The van der Waals surface area contributed by atoms with Crippen molar-refractivity contribution in [3.8, 4) is 5.69 Å². The predicted molar refractivity (Wildman–Crippen MR) is 133 cm³/mol. The highest BCUT2D eigenvalue weighted by molar-refractivity contribution is 7.99. The smallest absolute Gasteiger partial charge is 0.267 e. The van der Waals surface area contributed by atoms with Gasteiger partial charge < -0.3 is 0 Å². The molecule has 0 bridgehead atoms. The van der Waals surface area contributed by atoms with Gasteiger partial charge in [-0.1, -0.05) is 23.4 Å². The van der Waals surface area contributed by atoms with Crippen molar-refractivity contribution in [2.75, 3.05) is 5.75 Å². The Hall–Kier alpha value is -3.01. The average molecular weight is 496 g/mol. The summed E-state index contributed by atoms with van der Waals surface area (Å²) < 4.78 is 1.57. The number of aromatic nitrogens is 3. The molecule has 0 saturated carbocycles. The summed E-state index contributed by atoms with van der Waals surface area (Å²) in [5.74, 6) is -0.236. The highest BCUT2D eigenvalue weighted by Crippen LogP contribution is 2.36. The van der Waals surface area contributed by atoms with Crippen molar-refractivity contribution in [2.45, 2.75) is 24.4 Å². The number of rotatable bonds is 6. The van der Waals surface area contributed by atoms with Crippen molar-refractivity contribution < 1.29 is 4.79 Å². The molecule has 1 aromatic carbocycles. The zero-order chi connectivity index (χ0) is 22.8. The molecule has 10 heteroatoms. The number of pyridine rings is 1. The number of carbonyl (C=O) groups excluding carboxylic acids is 1. The van der Waals surface area contributed by atoms with Gasteiger partial charge in [-0.05, 0) is 66.8 Å². The van der Waals surface area contributed by atoms with Crippen molar-refractivity contribution in [1.29, 1.82) is 0 Å². The first kappa shape index (κ1) is 21.8. The van der Waals surface area contributed by atoms with Crippen LogP contribution in [0.2, 0.25) is 5.02 Å². The van der Waals surface area contributed by atoms with Crippen LogP contribution in [-0.2, 0) is 17.6 Å². The number of hydrogen-bond acceptors (Lipinski definition) is 7. The Kier molecular flexibility index (Phi) is 6.26. The van der Waals surface area contributed by atoms with E-state index in [0.29, 0.717) is 21.3 Å². The molecule has 0 saturated heterocycles. The second kappa shape index (κ2) is 9.46. The minimum absolute atomic E-state index is 0.0598. The van der Waals surface area contributed by atoms with Gasteiger partial charge in [-0.3, -0.25) is 19.1 Å². The van der Waals surface area contributed by atoms with Gasteiger partial charge in [-0.2, -0.15) is 5.10 Å². The molecule has 1 N–H and O–H groups in total. The molecule has 5 rings (SSSR count). The summed E-state index contributed by atoms with van der Waals surface area (Å²) in [6, 6.07) is 10.6. The van der Waals surface area contributed by atoms with Crippen LogP contribution in [0.15, 0.2) is 63.8 Å². The van der Waals surface area contributed by atoms with Gasteiger partial charge in [-0.25, -0.2) is 10.4 Å². The number of fused-ring (bicyclic) bond motifs is 3. The van der Waals surface area contributed by atoms with Crippen molar-refractivity contribution in [2.24, 2.45) is 5.10 Å². The molecule has 0 fully saturated rings. The van der Waals surface area contributed by atoms with Crippen LogP contribution in [0.5, 0.6) is 0 Å². The van der Waals surface area contributed by atoms with Gasteiger partial charge in [0.05, 0.1) is 23.0 Å². The van der Waals surface area contributed by atoms with Gasteiger partial charge in [0.1, 0.15) is 4.83 Å². The normalized spacial score (nSPS) is 13.0. The van der Waals surface area contributed by atoms with Crippen LogP contribution in [0.25, 0.3) is 15.9 Å². The van der Waals surface area contributed by atoms with Crippen LogP contribution in [0.3, 0.4) is 0 Å². The largest absolute Gasteiger partial charge is 0.272 e. The Labute approximate surface area is 202 Å². The average Bonchev–Trinajstić information content (AvgIpc) is 3.40. The molecule has 1 aliphatic rings. The zero-order valence-corrected chi connectivity index (χ0v) is 19.7. The van der Waals surface area contributed by atoms with Crippen LogP contribution >= 0.6 is 34.7 Å². The summed E-state index contributed by atoms with van der Waals surface area (Å²) in [6.07, 6.45) is 7.79. The fourth-order valence-corrected chi connectivity index (χ4v) is 5.96. The third-order valence-corrected chi connectivity index (χ3v) is 7.61. The summed E-state index contributed by atoms with van der Waals surface area (Å²) in [5.41, 5.74) is 5.01. The molecule has 166 valence electrons. The van der Waals surface area contributed by atoms with Crippen molar-refractivity contribution >= 4 is 57.0 Å². The Morgan fingerprint density at radius 2 is 2.00 bits per heavy atom. The fraction of sp³-hybridized carbons (Fsp3) is 0.174. The standard InChI is InChI=1S/C23H18ClN5O2S2/c24-15-4-6-16(7-5-15)29-22(31)20-17-2-1-3-18(17)33-21(20)27-23(29)32-13-19(30)28-26-12-14-8-10-25-11-9-14/h4-12H,1-3,13H2,(H,28,30). The first-order valence-corrected chi connectivity index (χ1v) is 12.5. The molecule has 0 spiro atoms. The molecular weight excluding hydrogens is 478 g/mol. The number of hydrogen-bond donors (Lipinski definition) is 1. The molecule has 0 atom stereocenters. The highest BCUT2D eigenvalue weighted by atomic mass is 35.5. The lowest BCUT2D eigenvalue weighted by molar-refractivity contribution is -0.118. The number of nitrogens with zero attached hydrogens (tertiary/aromatic N) is 4. The third kappa shape index (κ3) is 4.57. The number of halogens is 1. The van der Waals surface area contributed by atoms with Gasteiger partial charge in [-0.15, -0.1) is 11.3 Å². The minimum atomic E-state index is -0.295. The quantitative estimate of drug-likeness (QED) is 0.187. The molecule has 3 heterocycles. The van der Waals surface area contributed by atoms with Crippen molar-refractivity contribution in [3.63, 3.8) is 0 Å². The van der Waals surface area contributed by atoms with E-state index in [-0.39, 0.29) is 17.2 Å². The summed E-state index contributed by atoms with van der Waals surface area (Å²) in [6.45, 7) is 0. The Morgan fingerprint density at radius 3 is 2.79 bits per heavy atom. The first-order valence-electron chi connectivity index (χ1n) is 10.3. The second-order valence-electron chi connectivity index (χ2n) is 7.41. The topological polar surface area (TPSA) is 89.2 Å². The number of thioether (sulfide) groups is 1. The van der Waals surface area contributed by atoms with Gasteiger partial charge in [0.2, 0.25) is 0 Å². The van der Waals surface area contributed by atoms with Gasteiger partial charge in [0.15, 0.2) is 5.16 Å². The van der Waals surface area contributed by atoms with E-state index in [1.54, 1.807) is 70.9 Å². The van der Waals surface area contributed by atoms with Crippen LogP contribution < -0.4 is 11.0 Å². The lowest BCUT2D eigenvalue weighted by Gasteiger charge is -2.12. The van der Waals surface area contributed by atoms with Crippen molar-refractivity contribution in [3.05, 3.63) is 80.2 Å². The van der Waals surface area contributed by atoms with Gasteiger partial charge in [0.25, 0.3) is 11.5 Å². The van der Waals surface area contributed by atoms with E-state index in [0.717, 1.165) is 35.2 Å². The Bertz CT molecular complexity index is 1420. The fourth-order valence-electron chi connectivity index (χ4n) is 3.73. The number of benzene rings is 1. The van der Waals surface area contributed by atoms with E-state index in [2.05, 4.69) is 15.5 Å². The minimum Gasteiger partial charge on any atom is -0.272 e. The third-order valence-electron chi connectivity index (χ3n) is 5.23. The van der Waals surface area contributed by atoms with E-state index >= 15 is 0 Å².